The van der Waals surface area contributed by atoms with E-state index in [1.165, 1.54) is 6.08 Å². The molecule has 0 spiro atoms. The smallest absolute Gasteiger partial charge is 0.320 e. The van der Waals surface area contributed by atoms with Crippen molar-refractivity contribution in [1.29, 1.82) is 0 Å². The van der Waals surface area contributed by atoms with Crippen molar-refractivity contribution in [2.45, 2.75) is 38.8 Å². The van der Waals surface area contributed by atoms with Crippen molar-refractivity contribution in [3.8, 4) is 0 Å². The summed E-state index contributed by atoms with van der Waals surface area (Å²) >= 11 is 0. The molecule has 1 atom stereocenters. The van der Waals surface area contributed by atoms with Crippen LogP contribution in [0.25, 0.3) is 0 Å². The maximum Gasteiger partial charge on any atom is 0.320 e. The van der Waals surface area contributed by atoms with Gasteiger partial charge in [0.25, 0.3) is 0 Å². The Labute approximate surface area is 106 Å². The number of carboxylic acid groups (broad SMARTS) is 2. The number of carboxylic acids is 2. The first-order chi connectivity index (χ1) is 8.20. The average molecular weight is 260 g/mol. The molecule has 0 saturated heterocycles. The summed E-state index contributed by atoms with van der Waals surface area (Å²) in [4.78, 5) is 30.3. The Bertz CT molecular complexity index is 302. The normalized spacial score (nSPS) is 10.9. The number of hydrogen-bond donors (Lipinski definition) is 4. The molecule has 0 aliphatic carbocycles. The second kappa shape index (κ2) is 10.3. The van der Waals surface area contributed by atoms with Gasteiger partial charge in [0, 0.05) is 12.5 Å². The molecule has 0 aromatic heterocycles. The fraction of sp³-hybridized carbons (Fsp3) is 0.545. The minimum Gasteiger partial charge on any atom is -0.481 e. The number of rotatable bonds is 6. The third-order valence-electron chi connectivity index (χ3n) is 1.60. The highest BCUT2D eigenvalue weighted by Gasteiger charge is 2.12. The highest BCUT2D eigenvalue weighted by molar-refractivity contribution is 5.86. The lowest BCUT2D eigenvalue weighted by molar-refractivity contribution is -0.139. The Morgan fingerprint density at radius 1 is 1.33 bits per heavy atom. The predicted octanol–water partition coefficient (Wildman–Crippen LogP) is -0.0399. The first-order valence-electron chi connectivity index (χ1n) is 5.33. The van der Waals surface area contributed by atoms with E-state index in [1.54, 1.807) is 0 Å². The maximum atomic E-state index is 10.4. The Hall–Kier alpha value is -1.89. The summed E-state index contributed by atoms with van der Waals surface area (Å²) < 4.78 is 0. The van der Waals surface area contributed by atoms with Crippen LogP contribution in [-0.4, -0.2) is 40.1 Å². The van der Waals surface area contributed by atoms with Crippen LogP contribution in [0, 0.1) is 0 Å². The average Bonchev–Trinajstić information content (AvgIpc) is 2.25. The summed E-state index contributed by atoms with van der Waals surface area (Å²) in [5, 5.41) is 18.9. The first kappa shape index (κ1) is 18.5. The number of hydrogen-bond acceptors (Lipinski definition) is 4. The molecule has 1 amide bonds. The minimum absolute atomic E-state index is 0.0231. The summed E-state index contributed by atoms with van der Waals surface area (Å²) in [5.41, 5.74) is 5.00. The molecule has 18 heavy (non-hydrogen) atoms. The fourth-order valence-electron chi connectivity index (χ4n) is 0.746. The summed E-state index contributed by atoms with van der Waals surface area (Å²) in [7, 11) is 0. The van der Waals surface area contributed by atoms with Crippen LogP contribution in [0.15, 0.2) is 12.7 Å². The van der Waals surface area contributed by atoms with E-state index in [4.69, 9.17) is 15.9 Å². The topological polar surface area (TPSA) is 130 Å². The Morgan fingerprint density at radius 3 is 2.06 bits per heavy atom. The van der Waals surface area contributed by atoms with Gasteiger partial charge in [0.1, 0.15) is 6.04 Å². The molecular formula is C11H20N2O5. The van der Waals surface area contributed by atoms with Gasteiger partial charge in [0.05, 0.1) is 0 Å². The van der Waals surface area contributed by atoms with E-state index in [9.17, 15) is 14.4 Å². The molecule has 0 bridgehead atoms. The minimum atomic E-state index is -1.17. The number of nitrogens with one attached hydrogen (secondary N) is 1. The second-order valence-corrected chi connectivity index (χ2v) is 3.74. The lowest BCUT2D eigenvalue weighted by Crippen LogP contribution is -2.30. The van der Waals surface area contributed by atoms with Gasteiger partial charge in [0.15, 0.2) is 0 Å². The lowest BCUT2D eigenvalue weighted by atomic mass is 10.2. The van der Waals surface area contributed by atoms with Crippen LogP contribution in [0.4, 0.5) is 0 Å². The number of amides is 1. The molecule has 5 N–H and O–H groups in total. The predicted molar refractivity (Wildman–Crippen MR) is 66.0 cm³/mol. The van der Waals surface area contributed by atoms with E-state index < -0.39 is 18.0 Å². The van der Waals surface area contributed by atoms with Crippen molar-refractivity contribution in [1.82, 2.24) is 5.32 Å². The SMILES string of the molecule is C=CC(=O)NC(C)C.NC(CCC(=O)O)C(=O)O. The molecule has 1 unspecified atom stereocenters. The van der Waals surface area contributed by atoms with Crippen LogP contribution in [0.1, 0.15) is 26.7 Å². The van der Waals surface area contributed by atoms with Gasteiger partial charge in [-0.25, -0.2) is 0 Å². The molecule has 7 nitrogen and oxygen atoms in total. The van der Waals surface area contributed by atoms with Gasteiger partial charge in [-0.2, -0.15) is 0 Å². The Kier molecular flexibility index (Phi) is 10.5. The molecule has 0 heterocycles. The van der Waals surface area contributed by atoms with Crippen molar-refractivity contribution in [2.75, 3.05) is 0 Å². The number of carbonyl (C=O) groups excluding carboxylic acids is 1. The molecule has 0 radical (unpaired) electrons. The molecular weight excluding hydrogens is 240 g/mol. The van der Waals surface area contributed by atoms with Crippen LogP contribution in [0.3, 0.4) is 0 Å². The third-order valence-corrected chi connectivity index (χ3v) is 1.60. The van der Waals surface area contributed by atoms with Crippen molar-refractivity contribution >= 4 is 17.8 Å². The highest BCUT2D eigenvalue weighted by atomic mass is 16.4. The largest absolute Gasteiger partial charge is 0.481 e. The van der Waals surface area contributed by atoms with Gasteiger partial charge < -0.3 is 21.3 Å². The zero-order chi connectivity index (χ0) is 14.7. The lowest BCUT2D eigenvalue weighted by Gasteiger charge is -2.02. The number of nitrogens with two attached hydrogens (primary N) is 1. The van der Waals surface area contributed by atoms with E-state index in [0.29, 0.717) is 0 Å². The molecule has 0 aromatic rings. The summed E-state index contributed by atoms with van der Waals surface area (Å²) in [6.07, 6.45) is 1.04. The molecule has 0 fully saturated rings. The van der Waals surface area contributed by atoms with Crippen LogP contribution < -0.4 is 11.1 Å². The van der Waals surface area contributed by atoms with E-state index in [-0.39, 0.29) is 24.8 Å². The van der Waals surface area contributed by atoms with Crippen LogP contribution in [0.5, 0.6) is 0 Å². The zero-order valence-electron chi connectivity index (χ0n) is 10.5. The Balaban J connectivity index is 0. The molecule has 0 aliphatic heterocycles. The van der Waals surface area contributed by atoms with Crippen molar-refractivity contribution in [2.24, 2.45) is 5.73 Å². The molecule has 0 aromatic carbocycles. The fourth-order valence-corrected chi connectivity index (χ4v) is 0.746. The molecule has 0 aliphatic rings. The highest BCUT2D eigenvalue weighted by Crippen LogP contribution is 1.93. The maximum absolute atomic E-state index is 10.4. The standard InChI is InChI=1S/C6H11NO.C5H9NO4/c1-4-6(8)7-5(2)3;6-3(5(9)10)1-2-4(7)8/h4-5H,1H2,2-3H3,(H,7,8);3H,1-2,6H2,(H,7,8)(H,9,10). The first-order valence-corrected chi connectivity index (χ1v) is 5.33. The van der Waals surface area contributed by atoms with E-state index in [2.05, 4.69) is 11.9 Å². The van der Waals surface area contributed by atoms with Gasteiger partial charge in [-0.15, -0.1) is 0 Å². The number of aliphatic carboxylic acids is 2. The molecule has 7 heteroatoms. The van der Waals surface area contributed by atoms with E-state index in [0.717, 1.165) is 0 Å². The molecule has 0 saturated carbocycles. The van der Waals surface area contributed by atoms with E-state index in [1.807, 2.05) is 13.8 Å². The second-order valence-electron chi connectivity index (χ2n) is 3.74. The van der Waals surface area contributed by atoms with Gasteiger partial charge in [0.2, 0.25) is 5.91 Å². The van der Waals surface area contributed by atoms with E-state index >= 15 is 0 Å². The molecule has 0 rings (SSSR count). The third kappa shape index (κ3) is 14.1. The monoisotopic (exact) mass is 260 g/mol. The summed E-state index contributed by atoms with van der Waals surface area (Å²) in [6.45, 7) is 7.11. The van der Waals surface area contributed by atoms with Gasteiger partial charge >= 0.3 is 11.9 Å². The van der Waals surface area contributed by atoms with Crippen LogP contribution in [0.2, 0.25) is 0 Å². The summed E-state index contributed by atoms with van der Waals surface area (Å²) in [5.74, 6) is -2.31. The summed E-state index contributed by atoms with van der Waals surface area (Å²) in [6, 6.07) is -0.850. The van der Waals surface area contributed by atoms with Crippen molar-refractivity contribution in [3.63, 3.8) is 0 Å². The zero-order valence-corrected chi connectivity index (χ0v) is 10.5. The van der Waals surface area contributed by atoms with Crippen molar-refractivity contribution < 1.29 is 24.6 Å². The van der Waals surface area contributed by atoms with Gasteiger partial charge in [-0.3, -0.25) is 14.4 Å². The Morgan fingerprint density at radius 2 is 1.83 bits per heavy atom. The number of carbonyl (C=O) groups is 3. The van der Waals surface area contributed by atoms with Crippen LogP contribution in [-0.2, 0) is 14.4 Å². The van der Waals surface area contributed by atoms with Gasteiger partial charge in [-0.1, -0.05) is 6.58 Å². The molecule has 104 valence electrons. The van der Waals surface area contributed by atoms with Gasteiger partial charge in [-0.05, 0) is 26.3 Å². The van der Waals surface area contributed by atoms with Crippen LogP contribution >= 0.6 is 0 Å². The van der Waals surface area contributed by atoms with Crippen molar-refractivity contribution in [3.05, 3.63) is 12.7 Å². The quantitative estimate of drug-likeness (QED) is 0.496.